The fourth-order valence-electron chi connectivity index (χ4n) is 3.38. The van der Waals surface area contributed by atoms with Crippen LogP contribution in [-0.4, -0.2) is 48.1 Å². The Morgan fingerprint density at radius 3 is 2.75 bits per heavy atom. The van der Waals surface area contributed by atoms with Crippen molar-refractivity contribution in [3.05, 3.63) is 46.5 Å². The minimum absolute atomic E-state index is 0.0462. The molecule has 24 heavy (non-hydrogen) atoms. The van der Waals surface area contributed by atoms with E-state index in [0.29, 0.717) is 6.54 Å². The average Bonchev–Trinajstić information content (AvgIpc) is 3.15. The largest absolute Gasteiger partial charge is 0.481 e. The van der Waals surface area contributed by atoms with Crippen molar-refractivity contribution in [3.8, 4) is 0 Å². The second-order valence-electron chi connectivity index (χ2n) is 6.61. The van der Waals surface area contributed by atoms with E-state index in [9.17, 15) is 9.90 Å². The Labute approximate surface area is 146 Å². The molecule has 0 spiro atoms. The van der Waals surface area contributed by atoms with Crippen LogP contribution in [0.3, 0.4) is 0 Å². The maximum absolute atomic E-state index is 11.7. The predicted octanol–water partition coefficient (Wildman–Crippen LogP) is 2.82. The molecular formula is C18H23N3O2S. The molecule has 1 aliphatic heterocycles. The van der Waals surface area contributed by atoms with Crippen LogP contribution < -0.4 is 4.90 Å². The summed E-state index contributed by atoms with van der Waals surface area (Å²) in [6, 6.07) is 8.12. The molecule has 0 bridgehead atoms. The molecule has 2 heterocycles. The molecule has 1 aromatic carbocycles. The zero-order valence-corrected chi connectivity index (χ0v) is 15.1. The Morgan fingerprint density at radius 1 is 1.38 bits per heavy atom. The number of carboxylic acid groups (broad SMARTS) is 1. The first-order valence-corrected chi connectivity index (χ1v) is 8.90. The van der Waals surface area contributed by atoms with Gasteiger partial charge in [-0.15, -0.1) is 11.3 Å². The Balaban J connectivity index is 1.77. The van der Waals surface area contributed by atoms with E-state index < -0.39 is 5.97 Å². The van der Waals surface area contributed by atoms with Crippen molar-refractivity contribution < 1.29 is 9.90 Å². The maximum Gasteiger partial charge on any atom is 0.308 e. The first kappa shape index (κ1) is 16.9. The number of aryl methyl sites for hydroxylation is 1. The van der Waals surface area contributed by atoms with Crippen molar-refractivity contribution in [2.75, 3.05) is 32.1 Å². The highest BCUT2D eigenvalue weighted by Gasteiger charge is 2.39. The number of aromatic nitrogens is 1. The summed E-state index contributed by atoms with van der Waals surface area (Å²) in [5, 5.41) is 10.6. The van der Waals surface area contributed by atoms with Crippen LogP contribution in [0, 0.1) is 12.8 Å². The standard InChI is InChI=1S/C18H23N3O2S/c1-12-6-4-5-7-14(12)15-10-21(11-16(15)17(22)23)9-13-8-19-18(24-13)20(2)3/h4-8,15-16H,9-11H2,1-3H3,(H,22,23)/t15-,16+/m0/s1. The molecule has 1 aromatic heterocycles. The van der Waals surface area contributed by atoms with Gasteiger partial charge in [0.2, 0.25) is 0 Å². The van der Waals surface area contributed by atoms with E-state index in [1.54, 1.807) is 11.3 Å². The number of anilines is 1. The number of carbonyl (C=O) groups is 1. The molecule has 0 radical (unpaired) electrons. The molecule has 6 heteroatoms. The Morgan fingerprint density at radius 2 is 2.12 bits per heavy atom. The van der Waals surface area contributed by atoms with Crippen molar-refractivity contribution >= 4 is 22.4 Å². The molecule has 1 aliphatic rings. The van der Waals surface area contributed by atoms with Crippen molar-refractivity contribution in [1.29, 1.82) is 0 Å². The van der Waals surface area contributed by atoms with Gasteiger partial charge in [0.05, 0.1) is 5.92 Å². The molecule has 0 aliphatic carbocycles. The molecular weight excluding hydrogens is 322 g/mol. The topological polar surface area (TPSA) is 56.7 Å². The molecule has 0 amide bonds. The summed E-state index contributed by atoms with van der Waals surface area (Å²) in [5.41, 5.74) is 2.33. The highest BCUT2D eigenvalue weighted by atomic mass is 32.1. The Kier molecular flexibility index (Phi) is 4.87. The van der Waals surface area contributed by atoms with Gasteiger partial charge in [-0.1, -0.05) is 24.3 Å². The lowest BCUT2D eigenvalue weighted by molar-refractivity contribution is -0.141. The van der Waals surface area contributed by atoms with Gasteiger partial charge in [0, 0.05) is 50.7 Å². The number of likely N-dealkylation sites (tertiary alicyclic amines) is 1. The lowest BCUT2D eigenvalue weighted by Crippen LogP contribution is -2.23. The van der Waals surface area contributed by atoms with Gasteiger partial charge in [-0.05, 0) is 18.1 Å². The zero-order chi connectivity index (χ0) is 17.3. The number of hydrogen-bond donors (Lipinski definition) is 1. The first-order chi connectivity index (χ1) is 11.5. The molecule has 2 atom stereocenters. The second kappa shape index (κ2) is 6.91. The predicted molar refractivity (Wildman–Crippen MR) is 96.8 cm³/mol. The van der Waals surface area contributed by atoms with Gasteiger partial charge in [0.1, 0.15) is 0 Å². The van der Waals surface area contributed by atoms with Gasteiger partial charge >= 0.3 is 5.97 Å². The van der Waals surface area contributed by atoms with E-state index in [2.05, 4.69) is 28.9 Å². The number of aliphatic carboxylic acids is 1. The summed E-state index contributed by atoms with van der Waals surface area (Å²) in [6.07, 6.45) is 1.90. The van der Waals surface area contributed by atoms with Crippen molar-refractivity contribution in [1.82, 2.24) is 9.88 Å². The summed E-state index contributed by atoms with van der Waals surface area (Å²) in [5.74, 6) is -1.01. The van der Waals surface area contributed by atoms with E-state index in [1.807, 2.05) is 37.3 Å². The van der Waals surface area contributed by atoms with E-state index >= 15 is 0 Å². The summed E-state index contributed by atoms with van der Waals surface area (Å²) in [7, 11) is 3.96. The molecule has 1 N–H and O–H groups in total. The maximum atomic E-state index is 11.7. The molecule has 1 fully saturated rings. The highest BCUT2D eigenvalue weighted by molar-refractivity contribution is 7.15. The average molecular weight is 345 g/mol. The monoisotopic (exact) mass is 345 g/mol. The second-order valence-corrected chi connectivity index (χ2v) is 7.70. The quantitative estimate of drug-likeness (QED) is 0.903. The molecule has 0 saturated carbocycles. The summed E-state index contributed by atoms with van der Waals surface area (Å²) in [6.45, 7) is 4.18. The molecule has 0 unspecified atom stereocenters. The number of benzene rings is 1. The number of thiazole rings is 1. The number of rotatable bonds is 5. The van der Waals surface area contributed by atoms with Gasteiger partial charge < -0.3 is 10.0 Å². The lowest BCUT2D eigenvalue weighted by atomic mass is 9.86. The van der Waals surface area contributed by atoms with Crippen LogP contribution in [-0.2, 0) is 11.3 Å². The fourth-order valence-corrected chi connectivity index (χ4v) is 4.26. The van der Waals surface area contributed by atoms with Crippen LogP contribution in [0.25, 0.3) is 0 Å². The van der Waals surface area contributed by atoms with Crippen LogP contribution in [0.15, 0.2) is 30.5 Å². The van der Waals surface area contributed by atoms with E-state index in [1.165, 1.54) is 10.4 Å². The Hall–Kier alpha value is -1.92. The van der Waals surface area contributed by atoms with Crippen LogP contribution in [0.4, 0.5) is 5.13 Å². The number of carboxylic acids is 1. The molecule has 5 nitrogen and oxygen atoms in total. The minimum atomic E-state index is -0.705. The zero-order valence-electron chi connectivity index (χ0n) is 14.3. The van der Waals surface area contributed by atoms with Gasteiger partial charge in [-0.2, -0.15) is 0 Å². The van der Waals surface area contributed by atoms with E-state index in [0.717, 1.165) is 23.8 Å². The minimum Gasteiger partial charge on any atom is -0.481 e. The van der Waals surface area contributed by atoms with Gasteiger partial charge in [-0.3, -0.25) is 9.69 Å². The Bertz CT molecular complexity index is 729. The van der Waals surface area contributed by atoms with Gasteiger partial charge in [-0.25, -0.2) is 4.98 Å². The summed E-state index contributed by atoms with van der Waals surface area (Å²) >= 11 is 1.66. The van der Waals surface area contributed by atoms with Crippen molar-refractivity contribution in [3.63, 3.8) is 0 Å². The van der Waals surface area contributed by atoms with Crippen LogP contribution in [0.1, 0.15) is 21.9 Å². The summed E-state index contributed by atoms with van der Waals surface area (Å²) in [4.78, 5) is 21.6. The molecule has 3 rings (SSSR count). The van der Waals surface area contributed by atoms with Crippen molar-refractivity contribution in [2.45, 2.75) is 19.4 Å². The van der Waals surface area contributed by atoms with Crippen molar-refractivity contribution in [2.24, 2.45) is 5.92 Å². The SMILES string of the molecule is Cc1ccccc1[C@@H]1CN(Cc2cnc(N(C)C)s2)C[C@H]1C(=O)O. The molecule has 1 saturated heterocycles. The normalized spacial score (nSPS) is 21.1. The van der Waals surface area contributed by atoms with Crippen LogP contribution in [0.2, 0.25) is 0 Å². The van der Waals surface area contributed by atoms with Crippen LogP contribution >= 0.6 is 11.3 Å². The summed E-state index contributed by atoms with van der Waals surface area (Å²) < 4.78 is 0. The third kappa shape index (κ3) is 3.44. The lowest BCUT2D eigenvalue weighted by Gasteiger charge is -2.17. The first-order valence-electron chi connectivity index (χ1n) is 8.08. The number of hydrogen-bond acceptors (Lipinski definition) is 5. The highest BCUT2D eigenvalue weighted by Crippen LogP contribution is 2.36. The fraction of sp³-hybridized carbons (Fsp3) is 0.444. The third-order valence-electron chi connectivity index (χ3n) is 4.60. The smallest absolute Gasteiger partial charge is 0.308 e. The van der Waals surface area contributed by atoms with E-state index in [-0.39, 0.29) is 11.8 Å². The van der Waals surface area contributed by atoms with Gasteiger partial charge in [0.15, 0.2) is 5.13 Å². The van der Waals surface area contributed by atoms with E-state index in [4.69, 9.17) is 0 Å². The third-order valence-corrected chi connectivity index (χ3v) is 5.75. The molecule has 128 valence electrons. The number of nitrogens with zero attached hydrogens (tertiary/aromatic N) is 3. The van der Waals surface area contributed by atoms with Crippen LogP contribution in [0.5, 0.6) is 0 Å². The van der Waals surface area contributed by atoms with Gasteiger partial charge in [0.25, 0.3) is 0 Å². The molecule has 2 aromatic rings.